The number of rotatable bonds is 4. The van der Waals surface area contributed by atoms with Gasteiger partial charge in [-0.1, -0.05) is 43.3 Å². The zero-order valence-electron chi connectivity index (χ0n) is 14.3. The molecule has 0 spiro atoms. The van der Waals surface area contributed by atoms with E-state index in [0.29, 0.717) is 0 Å². The SMILES string of the molecule is CCc1ccc(C2=CC(c3cccc(OC)c3)n3ncnc3N2)cc1. The summed E-state index contributed by atoms with van der Waals surface area (Å²) in [6, 6.07) is 16.6. The Morgan fingerprint density at radius 2 is 2.00 bits per heavy atom. The minimum Gasteiger partial charge on any atom is -0.497 e. The molecule has 0 saturated heterocycles. The summed E-state index contributed by atoms with van der Waals surface area (Å²) >= 11 is 0. The van der Waals surface area contributed by atoms with Gasteiger partial charge in [-0.3, -0.25) is 0 Å². The summed E-state index contributed by atoms with van der Waals surface area (Å²) in [5, 5.41) is 7.76. The van der Waals surface area contributed by atoms with Gasteiger partial charge >= 0.3 is 0 Å². The first kappa shape index (κ1) is 15.4. The van der Waals surface area contributed by atoms with Crippen molar-refractivity contribution in [1.29, 1.82) is 0 Å². The van der Waals surface area contributed by atoms with Crippen LogP contribution in [0.2, 0.25) is 0 Å². The molecule has 1 aliphatic rings. The van der Waals surface area contributed by atoms with Crippen LogP contribution in [0.1, 0.15) is 29.7 Å². The molecule has 4 rings (SSSR count). The number of aryl methyl sites for hydroxylation is 1. The molecule has 5 heteroatoms. The molecule has 126 valence electrons. The molecule has 0 fully saturated rings. The summed E-state index contributed by atoms with van der Waals surface area (Å²) in [4.78, 5) is 4.35. The van der Waals surface area contributed by atoms with Crippen LogP contribution in [0.15, 0.2) is 60.9 Å². The van der Waals surface area contributed by atoms with E-state index in [1.165, 1.54) is 5.56 Å². The van der Waals surface area contributed by atoms with E-state index < -0.39 is 0 Å². The summed E-state index contributed by atoms with van der Waals surface area (Å²) in [6.07, 6.45) is 4.79. The molecule has 5 nitrogen and oxygen atoms in total. The van der Waals surface area contributed by atoms with Crippen LogP contribution in [-0.2, 0) is 6.42 Å². The molecular formula is C20H20N4O. The van der Waals surface area contributed by atoms with Crippen molar-refractivity contribution in [2.24, 2.45) is 0 Å². The first-order valence-electron chi connectivity index (χ1n) is 8.40. The van der Waals surface area contributed by atoms with E-state index in [4.69, 9.17) is 4.74 Å². The number of fused-ring (bicyclic) bond motifs is 1. The number of nitrogens with one attached hydrogen (secondary N) is 1. The molecule has 1 atom stereocenters. The molecule has 0 saturated carbocycles. The normalized spacial score (nSPS) is 15.9. The van der Waals surface area contributed by atoms with E-state index in [1.54, 1.807) is 13.4 Å². The van der Waals surface area contributed by atoms with Crippen LogP contribution in [0.5, 0.6) is 5.75 Å². The molecule has 3 aromatic rings. The van der Waals surface area contributed by atoms with Gasteiger partial charge < -0.3 is 10.1 Å². The zero-order valence-corrected chi connectivity index (χ0v) is 14.3. The van der Waals surface area contributed by atoms with E-state index >= 15 is 0 Å². The van der Waals surface area contributed by atoms with E-state index in [0.717, 1.165) is 34.9 Å². The fraction of sp³-hybridized carbons (Fsp3) is 0.200. The topological polar surface area (TPSA) is 52.0 Å². The third-order valence-electron chi connectivity index (χ3n) is 4.52. The van der Waals surface area contributed by atoms with Gasteiger partial charge in [-0.2, -0.15) is 10.1 Å². The fourth-order valence-electron chi connectivity index (χ4n) is 3.09. The van der Waals surface area contributed by atoms with E-state index in [9.17, 15) is 0 Å². The largest absolute Gasteiger partial charge is 0.497 e. The van der Waals surface area contributed by atoms with Crippen molar-refractivity contribution in [1.82, 2.24) is 14.8 Å². The van der Waals surface area contributed by atoms with Crippen molar-refractivity contribution in [3.05, 3.63) is 77.6 Å². The lowest BCUT2D eigenvalue weighted by molar-refractivity contribution is 0.413. The molecule has 25 heavy (non-hydrogen) atoms. The Balaban J connectivity index is 1.77. The average Bonchev–Trinajstić information content (AvgIpc) is 3.16. The lowest BCUT2D eigenvalue weighted by Crippen LogP contribution is -2.20. The zero-order chi connectivity index (χ0) is 17.2. The molecule has 0 aliphatic carbocycles. The van der Waals surface area contributed by atoms with Crippen LogP contribution in [0, 0.1) is 0 Å². The van der Waals surface area contributed by atoms with Gasteiger partial charge in [-0.15, -0.1) is 0 Å². The van der Waals surface area contributed by atoms with Crippen molar-refractivity contribution < 1.29 is 4.74 Å². The van der Waals surface area contributed by atoms with Crippen LogP contribution >= 0.6 is 0 Å². The van der Waals surface area contributed by atoms with Gasteiger partial charge in [0.2, 0.25) is 5.95 Å². The third-order valence-corrected chi connectivity index (χ3v) is 4.52. The van der Waals surface area contributed by atoms with Crippen molar-refractivity contribution in [2.75, 3.05) is 12.4 Å². The Kier molecular flexibility index (Phi) is 3.98. The second-order valence-corrected chi connectivity index (χ2v) is 6.01. The predicted octanol–water partition coefficient (Wildman–Crippen LogP) is 3.91. The van der Waals surface area contributed by atoms with Crippen LogP contribution in [0.25, 0.3) is 5.70 Å². The van der Waals surface area contributed by atoms with Gasteiger partial charge in [0.15, 0.2) is 0 Å². The molecule has 1 N–H and O–H groups in total. The van der Waals surface area contributed by atoms with E-state index in [1.807, 2.05) is 22.9 Å². The fourth-order valence-corrected chi connectivity index (χ4v) is 3.09. The van der Waals surface area contributed by atoms with E-state index in [2.05, 4.69) is 58.7 Å². The highest BCUT2D eigenvalue weighted by Gasteiger charge is 2.23. The molecule has 1 aromatic heterocycles. The van der Waals surface area contributed by atoms with Gasteiger partial charge in [0.25, 0.3) is 0 Å². The van der Waals surface area contributed by atoms with Crippen LogP contribution in [-0.4, -0.2) is 21.9 Å². The van der Waals surface area contributed by atoms with Gasteiger partial charge in [0.1, 0.15) is 18.1 Å². The maximum Gasteiger partial charge on any atom is 0.226 e. The maximum absolute atomic E-state index is 5.37. The highest BCUT2D eigenvalue weighted by molar-refractivity contribution is 5.77. The van der Waals surface area contributed by atoms with Crippen LogP contribution in [0.3, 0.4) is 0 Å². The third kappa shape index (κ3) is 2.89. The lowest BCUT2D eigenvalue weighted by Gasteiger charge is -2.24. The highest BCUT2D eigenvalue weighted by Crippen LogP contribution is 2.33. The average molecular weight is 332 g/mol. The summed E-state index contributed by atoms with van der Waals surface area (Å²) in [6.45, 7) is 2.16. The summed E-state index contributed by atoms with van der Waals surface area (Å²) in [7, 11) is 1.68. The minimum atomic E-state index is -0.0327. The van der Waals surface area contributed by atoms with Crippen LogP contribution < -0.4 is 10.1 Å². The molecule has 2 heterocycles. The predicted molar refractivity (Wildman–Crippen MR) is 98.6 cm³/mol. The van der Waals surface area contributed by atoms with Gasteiger partial charge in [-0.05, 0) is 41.3 Å². The van der Waals surface area contributed by atoms with Gasteiger partial charge in [0, 0.05) is 5.70 Å². The summed E-state index contributed by atoms with van der Waals surface area (Å²) in [5.41, 5.74) is 4.61. The Labute approximate surface area is 147 Å². The van der Waals surface area contributed by atoms with E-state index in [-0.39, 0.29) is 6.04 Å². The lowest BCUT2D eigenvalue weighted by atomic mass is 10.0. The number of hydrogen-bond donors (Lipinski definition) is 1. The maximum atomic E-state index is 5.37. The Hall–Kier alpha value is -3.08. The Morgan fingerprint density at radius 3 is 2.76 bits per heavy atom. The smallest absolute Gasteiger partial charge is 0.226 e. The Bertz CT molecular complexity index is 911. The highest BCUT2D eigenvalue weighted by atomic mass is 16.5. The second-order valence-electron chi connectivity index (χ2n) is 6.01. The first-order chi connectivity index (χ1) is 12.3. The van der Waals surface area contributed by atoms with Crippen molar-refractivity contribution in [3.8, 4) is 5.75 Å². The monoisotopic (exact) mass is 332 g/mol. The quantitative estimate of drug-likeness (QED) is 0.787. The number of allylic oxidation sites excluding steroid dienone is 1. The van der Waals surface area contributed by atoms with Crippen molar-refractivity contribution in [3.63, 3.8) is 0 Å². The number of hydrogen-bond acceptors (Lipinski definition) is 4. The van der Waals surface area contributed by atoms with Crippen molar-refractivity contribution >= 4 is 11.6 Å². The number of anilines is 1. The minimum absolute atomic E-state index is 0.0327. The van der Waals surface area contributed by atoms with Gasteiger partial charge in [-0.25, -0.2) is 4.68 Å². The molecular weight excluding hydrogens is 312 g/mol. The number of methoxy groups -OCH3 is 1. The molecule has 2 aromatic carbocycles. The first-order valence-corrected chi connectivity index (χ1v) is 8.40. The standard InChI is InChI=1S/C20H20N4O/c1-3-14-7-9-15(10-8-14)18-12-19(24-20(23-18)21-13-22-24)16-5-4-6-17(11-16)25-2/h4-13,19H,3H2,1-2H3,(H,21,22,23). The number of aromatic nitrogens is 3. The molecule has 0 amide bonds. The molecule has 1 aliphatic heterocycles. The van der Waals surface area contributed by atoms with Gasteiger partial charge in [0.05, 0.1) is 7.11 Å². The number of benzene rings is 2. The second kappa shape index (κ2) is 6.43. The Morgan fingerprint density at radius 1 is 1.16 bits per heavy atom. The molecule has 0 bridgehead atoms. The molecule has 1 unspecified atom stereocenters. The summed E-state index contributed by atoms with van der Waals surface area (Å²) < 4.78 is 7.26. The van der Waals surface area contributed by atoms with Crippen molar-refractivity contribution in [2.45, 2.75) is 19.4 Å². The number of ether oxygens (including phenoxy) is 1. The molecule has 0 radical (unpaired) electrons. The summed E-state index contributed by atoms with van der Waals surface area (Å²) in [5.74, 6) is 1.57. The number of nitrogens with zero attached hydrogens (tertiary/aromatic N) is 3. The van der Waals surface area contributed by atoms with Crippen LogP contribution in [0.4, 0.5) is 5.95 Å².